The average molecular weight is 372 g/mol. The number of hydrogen-bond donors (Lipinski definition) is 1. The zero-order chi connectivity index (χ0) is 17.9. The molecule has 0 bridgehead atoms. The summed E-state index contributed by atoms with van der Waals surface area (Å²) in [6.45, 7) is 2.13. The van der Waals surface area contributed by atoms with Crippen LogP contribution in [0.25, 0.3) is 11.1 Å². The van der Waals surface area contributed by atoms with Gasteiger partial charge in [-0.2, -0.15) is 0 Å². The number of aryl methyl sites for hydroxylation is 1. The molecular formula is C20H18ClNO2S. The summed E-state index contributed by atoms with van der Waals surface area (Å²) in [5.41, 5.74) is 3.88. The summed E-state index contributed by atoms with van der Waals surface area (Å²) in [6.07, 6.45) is 0. The third-order valence-corrected chi connectivity index (χ3v) is 5.69. The van der Waals surface area contributed by atoms with Crippen molar-refractivity contribution in [2.24, 2.45) is 0 Å². The first-order valence-corrected chi connectivity index (χ1v) is 9.72. The summed E-state index contributed by atoms with van der Waals surface area (Å²) < 4.78 is 27.6. The Balaban J connectivity index is 1.77. The fourth-order valence-corrected chi connectivity index (χ4v) is 3.75. The Morgan fingerprint density at radius 2 is 1.52 bits per heavy atom. The van der Waals surface area contributed by atoms with Crippen molar-refractivity contribution in [2.75, 3.05) is 0 Å². The van der Waals surface area contributed by atoms with E-state index in [1.807, 2.05) is 55.5 Å². The smallest absolute Gasteiger partial charge is 0.207 e. The van der Waals surface area contributed by atoms with Crippen LogP contribution in [0.15, 0.2) is 77.7 Å². The Morgan fingerprint density at radius 1 is 0.880 bits per heavy atom. The molecule has 0 aliphatic rings. The molecule has 3 rings (SSSR count). The van der Waals surface area contributed by atoms with Crippen molar-refractivity contribution in [3.63, 3.8) is 0 Å². The average Bonchev–Trinajstić information content (AvgIpc) is 2.63. The molecule has 0 saturated heterocycles. The van der Waals surface area contributed by atoms with Crippen molar-refractivity contribution >= 4 is 21.6 Å². The van der Waals surface area contributed by atoms with Gasteiger partial charge in [0.1, 0.15) is 0 Å². The molecule has 0 aromatic heterocycles. The normalized spacial score (nSPS) is 11.4. The molecule has 0 heterocycles. The van der Waals surface area contributed by atoms with Crippen LogP contribution in [-0.4, -0.2) is 8.42 Å². The monoisotopic (exact) mass is 371 g/mol. The highest BCUT2D eigenvalue weighted by molar-refractivity contribution is 7.89. The molecule has 3 nitrogen and oxygen atoms in total. The van der Waals surface area contributed by atoms with Gasteiger partial charge in [0.2, 0.25) is 10.0 Å². The predicted molar refractivity (Wildman–Crippen MR) is 102 cm³/mol. The summed E-state index contributed by atoms with van der Waals surface area (Å²) in [6, 6.07) is 22.1. The Morgan fingerprint density at radius 3 is 2.20 bits per heavy atom. The second-order valence-electron chi connectivity index (χ2n) is 5.79. The molecule has 0 fully saturated rings. The van der Waals surface area contributed by atoms with E-state index in [1.54, 1.807) is 24.3 Å². The van der Waals surface area contributed by atoms with Crippen LogP contribution in [-0.2, 0) is 16.6 Å². The lowest BCUT2D eigenvalue weighted by atomic mass is 10.1. The molecule has 0 unspecified atom stereocenters. The van der Waals surface area contributed by atoms with Crippen LogP contribution in [0.1, 0.15) is 11.1 Å². The third-order valence-electron chi connectivity index (χ3n) is 4.04. The maximum absolute atomic E-state index is 12.5. The minimum atomic E-state index is -3.58. The van der Waals surface area contributed by atoms with Gasteiger partial charge < -0.3 is 0 Å². The highest BCUT2D eigenvalue weighted by Crippen LogP contribution is 2.21. The van der Waals surface area contributed by atoms with Crippen molar-refractivity contribution in [3.05, 3.63) is 88.9 Å². The van der Waals surface area contributed by atoms with Crippen molar-refractivity contribution in [2.45, 2.75) is 18.4 Å². The van der Waals surface area contributed by atoms with E-state index >= 15 is 0 Å². The standard InChI is InChI=1S/C20H18ClNO2S/c1-15-7-10-19(21)13-18(15)14-22-25(23,24)20-11-8-17(9-12-20)16-5-3-2-4-6-16/h2-13,22H,14H2,1H3. The van der Waals surface area contributed by atoms with Gasteiger partial charge in [0.25, 0.3) is 0 Å². The van der Waals surface area contributed by atoms with Gasteiger partial charge in [-0.1, -0.05) is 60.1 Å². The Kier molecular flexibility index (Phi) is 5.23. The molecule has 128 valence electrons. The van der Waals surface area contributed by atoms with Crippen LogP contribution in [0, 0.1) is 6.92 Å². The number of nitrogens with one attached hydrogen (secondary N) is 1. The lowest BCUT2D eigenvalue weighted by Crippen LogP contribution is -2.23. The molecule has 3 aromatic rings. The lowest BCUT2D eigenvalue weighted by Gasteiger charge is -2.10. The Bertz CT molecular complexity index is 968. The molecule has 0 aliphatic heterocycles. The molecule has 0 aliphatic carbocycles. The van der Waals surface area contributed by atoms with Crippen molar-refractivity contribution in [3.8, 4) is 11.1 Å². The quantitative estimate of drug-likeness (QED) is 0.700. The Hall–Kier alpha value is -2.14. The molecule has 0 radical (unpaired) electrons. The van der Waals surface area contributed by atoms with E-state index in [2.05, 4.69) is 4.72 Å². The molecule has 5 heteroatoms. The van der Waals surface area contributed by atoms with Gasteiger partial charge >= 0.3 is 0 Å². The van der Waals surface area contributed by atoms with Crippen molar-refractivity contribution in [1.82, 2.24) is 4.72 Å². The fraction of sp³-hybridized carbons (Fsp3) is 0.100. The van der Waals surface area contributed by atoms with Crippen LogP contribution < -0.4 is 4.72 Å². The highest BCUT2D eigenvalue weighted by Gasteiger charge is 2.14. The van der Waals surface area contributed by atoms with E-state index in [0.29, 0.717) is 5.02 Å². The molecule has 0 atom stereocenters. The van der Waals surface area contributed by atoms with E-state index in [-0.39, 0.29) is 11.4 Å². The highest BCUT2D eigenvalue weighted by atomic mass is 35.5. The molecule has 0 saturated carbocycles. The van der Waals surface area contributed by atoms with Gasteiger partial charge in [-0.05, 0) is 53.4 Å². The maximum Gasteiger partial charge on any atom is 0.240 e. The second kappa shape index (κ2) is 7.40. The van der Waals surface area contributed by atoms with E-state index in [9.17, 15) is 8.42 Å². The van der Waals surface area contributed by atoms with Gasteiger partial charge in [-0.15, -0.1) is 0 Å². The summed E-state index contributed by atoms with van der Waals surface area (Å²) in [7, 11) is -3.58. The number of sulfonamides is 1. The zero-order valence-corrected chi connectivity index (χ0v) is 15.3. The van der Waals surface area contributed by atoms with Gasteiger partial charge in [0.15, 0.2) is 0 Å². The van der Waals surface area contributed by atoms with Gasteiger partial charge in [-0.25, -0.2) is 13.1 Å². The maximum atomic E-state index is 12.5. The number of rotatable bonds is 5. The summed E-state index contributed by atoms with van der Waals surface area (Å²) in [5, 5.41) is 0.590. The summed E-state index contributed by atoms with van der Waals surface area (Å²) >= 11 is 5.98. The van der Waals surface area contributed by atoms with Crippen molar-refractivity contribution in [1.29, 1.82) is 0 Å². The number of halogens is 1. The summed E-state index contributed by atoms with van der Waals surface area (Å²) in [4.78, 5) is 0.242. The molecule has 0 amide bonds. The van der Waals surface area contributed by atoms with E-state index < -0.39 is 10.0 Å². The SMILES string of the molecule is Cc1ccc(Cl)cc1CNS(=O)(=O)c1ccc(-c2ccccc2)cc1. The molecule has 1 N–H and O–H groups in total. The van der Waals surface area contributed by atoms with Crippen LogP contribution in [0.4, 0.5) is 0 Å². The van der Waals surface area contributed by atoms with E-state index in [4.69, 9.17) is 11.6 Å². The van der Waals surface area contributed by atoms with Crippen LogP contribution in [0.2, 0.25) is 5.02 Å². The van der Waals surface area contributed by atoms with Gasteiger partial charge in [0, 0.05) is 11.6 Å². The van der Waals surface area contributed by atoms with Crippen LogP contribution >= 0.6 is 11.6 Å². The van der Waals surface area contributed by atoms with E-state index in [0.717, 1.165) is 22.3 Å². The van der Waals surface area contributed by atoms with Crippen LogP contribution in [0.5, 0.6) is 0 Å². The lowest BCUT2D eigenvalue weighted by molar-refractivity contribution is 0.581. The summed E-state index contributed by atoms with van der Waals surface area (Å²) in [5.74, 6) is 0. The number of benzene rings is 3. The third kappa shape index (κ3) is 4.28. The first kappa shape index (κ1) is 17.7. The minimum absolute atomic E-state index is 0.204. The predicted octanol–water partition coefficient (Wildman–Crippen LogP) is 4.79. The molecular weight excluding hydrogens is 354 g/mol. The zero-order valence-electron chi connectivity index (χ0n) is 13.7. The van der Waals surface area contributed by atoms with E-state index in [1.165, 1.54) is 0 Å². The first-order valence-electron chi connectivity index (χ1n) is 7.86. The molecule has 25 heavy (non-hydrogen) atoms. The van der Waals surface area contributed by atoms with Crippen molar-refractivity contribution < 1.29 is 8.42 Å². The first-order chi connectivity index (χ1) is 12.0. The van der Waals surface area contributed by atoms with Crippen LogP contribution in [0.3, 0.4) is 0 Å². The Labute approximate surface area is 153 Å². The number of hydrogen-bond acceptors (Lipinski definition) is 2. The topological polar surface area (TPSA) is 46.2 Å². The van der Waals surface area contributed by atoms with Gasteiger partial charge in [0.05, 0.1) is 4.90 Å². The fourth-order valence-electron chi connectivity index (χ4n) is 2.54. The van der Waals surface area contributed by atoms with Gasteiger partial charge in [-0.3, -0.25) is 0 Å². The molecule has 3 aromatic carbocycles. The minimum Gasteiger partial charge on any atom is -0.207 e. The second-order valence-corrected chi connectivity index (χ2v) is 7.99. The largest absolute Gasteiger partial charge is 0.240 e. The molecule has 0 spiro atoms.